The molecule has 0 saturated carbocycles. The van der Waals surface area contributed by atoms with Gasteiger partial charge in [-0.25, -0.2) is 4.98 Å². The van der Waals surface area contributed by atoms with E-state index in [9.17, 15) is 27.6 Å². The minimum atomic E-state index is -4.75. The average Bonchev–Trinajstić information content (AvgIpc) is 3.33. The molecule has 0 radical (unpaired) electrons. The minimum absolute atomic E-state index is 0.0321. The molecule has 37 heavy (non-hydrogen) atoms. The lowest BCUT2D eigenvalue weighted by Crippen LogP contribution is -2.31. The summed E-state index contributed by atoms with van der Waals surface area (Å²) >= 11 is 12.2. The fourth-order valence-electron chi connectivity index (χ4n) is 4.39. The molecule has 0 aliphatic carbocycles. The van der Waals surface area contributed by atoms with Gasteiger partial charge in [-0.15, -0.1) is 0 Å². The van der Waals surface area contributed by atoms with E-state index in [0.717, 1.165) is 21.6 Å². The highest BCUT2D eigenvalue weighted by molar-refractivity contribution is 6.42. The van der Waals surface area contributed by atoms with E-state index in [-0.39, 0.29) is 46.3 Å². The van der Waals surface area contributed by atoms with Crippen LogP contribution < -0.4 is 0 Å². The Labute approximate surface area is 218 Å². The van der Waals surface area contributed by atoms with Crippen molar-refractivity contribution in [3.63, 3.8) is 0 Å². The standard InChI is InChI=1S/C26H16Cl2F3N3O3/c27-18-12-20-21(13-19(18)28)34(25(37)16-8-3-4-9-17(16)26(29,30)31)22(32-20)10-5-11-33-23(35)14-6-1-2-7-15(14)24(33)36/h1-4,6-9,12-13H,5,10-11H2. The van der Waals surface area contributed by atoms with Gasteiger partial charge in [-0.1, -0.05) is 47.5 Å². The molecule has 0 atom stereocenters. The van der Waals surface area contributed by atoms with Crippen molar-refractivity contribution in [1.82, 2.24) is 14.5 Å². The molecule has 5 rings (SSSR count). The van der Waals surface area contributed by atoms with E-state index < -0.39 is 35.0 Å². The van der Waals surface area contributed by atoms with Crippen LogP contribution in [0.25, 0.3) is 11.0 Å². The fraction of sp³-hybridized carbons (Fsp3) is 0.154. The molecule has 3 aromatic carbocycles. The first-order chi connectivity index (χ1) is 17.6. The van der Waals surface area contributed by atoms with Crippen LogP contribution in [0.1, 0.15) is 48.9 Å². The number of benzene rings is 3. The van der Waals surface area contributed by atoms with Gasteiger partial charge in [-0.2, -0.15) is 13.2 Å². The number of carbonyl (C=O) groups is 3. The monoisotopic (exact) mass is 545 g/mol. The summed E-state index contributed by atoms with van der Waals surface area (Å²) in [4.78, 5) is 44.3. The van der Waals surface area contributed by atoms with Crippen LogP contribution in [0.15, 0.2) is 60.7 Å². The van der Waals surface area contributed by atoms with Crippen LogP contribution in [0.2, 0.25) is 10.0 Å². The lowest BCUT2D eigenvalue weighted by Gasteiger charge is -2.15. The molecule has 11 heteroatoms. The van der Waals surface area contributed by atoms with Gasteiger partial charge in [-0.3, -0.25) is 23.9 Å². The van der Waals surface area contributed by atoms with Crippen LogP contribution in [0.3, 0.4) is 0 Å². The van der Waals surface area contributed by atoms with E-state index >= 15 is 0 Å². The summed E-state index contributed by atoms with van der Waals surface area (Å²) in [5, 5.41) is 0.268. The molecule has 1 aromatic heterocycles. The number of carbonyl (C=O) groups excluding carboxylic acids is 3. The Morgan fingerprint density at radius 3 is 2.14 bits per heavy atom. The van der Waals surface area contributed by atoms with E-state index in [4.69, 9.17) is 23.2 Å². The first-order valence-corrected chi connectivity index (χ1v) is 11.9. The van der Waals surface area contributed by atoms with Gasteiger partial charge in [0.25, 0.3) is 17.7 Å². The average molecular weight is 546 g/mol. The van der Waals surface area contributed by atoms with Crippen molar-refractivity contribution in [2.24, 2.45) is 0 Å². The molecule has 0 fully saturated rings. The third-order valence-corrected chi connectivity index (χ3v) is 6.81. The minimum Gasteiger partial charge on any atom is -0.274 e. The number of rotatable bonds is 5. The van der Waals surface area contributed by atoms with E-state index in [1.807, 2.05) is 0 Å². The maximum absolute atomic E-state index is 13.7. The Morgan fingerprint density at radius 1 is 0.892 bits per heavy atom. The topological polar surface area (TPSA) is 72.3 Å². The number of aromatic nitrogens is 2. The van der Waals surface area contributed by atoms with Gasteiger partial charge in [0.05, 0.1) is 43.3 Å². The van der Waals surface area contributed by atoms with Crippen LogP contribution >= 0.6 is 23.2 Å². The molecule has 188 valence electrons. The normalized spacial score (nSPS) is 13.5. The van der Waals surface area contributed by atoms with Crippen LogP contribution in [0.5, 0.6) is 0 Å². The highest BCUT2D eigenvalue weighted by Gasteiger charge is 2.37. The lowest BCUT2D eigenvalue weighted by molar-refractivity contribution is -0.137. The quantitative estimate of drug-likeness (QED) is 0.277. The molecule has 0 spiro atoms. The molecule has 1 aliphatic rings. The predicted molar refractivity (Wildman–Crippen MR) is 131 cm³/mol. The second-order valence-electron chi connectivity index (χ2n) is 8.38. The number of alkyl halides is 3. The molecule has 4 aromatic rings. The number of nitrogens with zero attached hydrogens (tertiary/aromatic N) is 3. The van der Waals surface area contributed by atoms with E-state index in [1.165, 1.54) is 24.3 Å². The summed E-state index contributed by atoms with van der Waals surface area (Å²) in [5.41, 5.74) is -0.568. The number of amides is 2. The van der Waals surface area contributed by atoms with Crippen molar-refractivity contribution in [2.75, 3.05) is 6.54 Å². The summed E-state index contributed by atoms with van der Waals surface area (Å²) in [7, 11) is 0. The zero-order valence-electron chi connectivity index (χ0n) is 18.9. The number of fused-ring (bicyclic) bond motifs is 2. The van der Waals surface area contributed by atoms with E-state index in [1.54, 1.807) is 24.3 Å². The lowest BCUT2D eigenvalue weighted by atomic mass is 10.1. The second-order valence-corrected chi connectivity index (χ2v) is 9.19. The summed E-state index contributed by atoms with van der Waals surface area (Å²) in [6.45, 7) is 0.0321. The SMILES string of the molecule is O=C1c2ccccc2C(=O)N1CCCc1nc2cc(Cl)c(Cl)cc2n1C(=O)c1ccccc1C(F)(F)F. The van der Waals surface area contributed by atoms with Gasteiger partial charge in [0.15, 0.2) is 0 Å². The summed E-state index contributed by atoms with van der Waals surface area (Å²) in [6, 6.07) is 13.7. The first-order valence-electron chi connectivity index (χ1n) is 11.1. The maximum Gasteiger partial charge on any atom is 0.417 e. The van der Waals surface area contributed by atoms with Crippen molar-refractivity contribution < 1.29 is 27.6 Å². The highest BCUT2D eigenvalue weighted by Crippen LogP contribution is 2.34. The summed E-state index contributed by atoms with van der Waals surface area (Å²) < 4.78 is 42.0. The van der Waals surface area contributed by atoms with Gasteiger partial charge in [0.2, 0.25) is 0 Å². The van der Waals surface area contributed by atoms with Gasteiger partial charge in [0, 0.05) is 13.0 Å². The molecule has 2 amide bonds. The van der Waals surface area contributed by atoms with Crippen LogP contribution in [-0.2, 0) is 12.6 Å². The highest BCUT2D eigenvalue weighted by atomic mass is 35.5. The largest absolute Gasteiger partial charge is 0.417 e. The molecule has 0 saturated heterocycles. The van der Waals surface area contributed by atoms with Gasteiger partial charge in [-0.05, 0) is 42.8 Å². The zero-order chi connectivity index (χ0) is 26.5. The van der Waals surface area contributed by atoms with Gasteiger partial charge in [0.1, 0.15) is 5.82 Å². The zero-order valence-corrected chi connectivity index (χ0v) is 20.4. The Bertz CT molecular complexity index is 1560. The first kappa shape index (κ1) is 25.0. The Hall–Kier alpha value is -3.69. The maximum atomic E-state index is 13.7. The third-order valence-electron chi connectivity index (χ3n) is 6.09. The molecule has 0 bridgehead atoms. The molecule has 0 N–H and O–H groups in total. The Morgan fingerprint density at radius 2 is 1.49 bits per heavy atom. The van der Waals surface area contributed by atoms with Crippen molar-refractivity contribution in [1.29, 1.82) is 0 Å². The van der Waals surface area contributed by atoms with Gasteiger partial charge < -0.3 is 0 Å². The van der Waals surface area contributed by atoms with Crippen LogP contribution in [-0.4, -0.2) is 38.7 Å². The third kappa shape index (κ3) is 4.38. The number of imide groups is 1. The molecule has 2 heterocycles. The Balaban J connectivity index is 1.49. The van der Waals surface area contributed by atoms with Crippen LogP contribution in [0.4, 0.5) is 13.2 Å². The number of halogens is 5. The van der Waals surface area contributed by atoms with E-state index in [2.05, 4.69) is 4.98 Å². The van der Waals surface area contributed by atoms with Crippen molar-refractivity contribution in [3.8, 4) is 0 Å². The summed E-state index contributed by atoms with van der Waals surface area (Å²) in [6.07, 6.45) is -4.46. The smallest absolute Gasteiger partial charge is 0.274 e. The fourth-order valence-corrected chi connectivity index (χ4v) is 4.71. The predicted octanol–water partition coefficient (Wildman–Crippen LogP) is 6.28. The van der Waals surface area contributed by atoms with E-state index in [0.29, 0.717) is 11.1 Å². The van der Waals surface area contributed by atoms with Crippen molar-refractivity contribution in [3.05, 3.63) is 98.8 Å². The van der Waals surface area contributed by atoms with Crippen LogP contribution in [0, 0.1) is 0 Å². The molecular formula is C26H16Cl2F3N3O3. The Kier molecular flexibility index (Phi) is 6.29. The second kappa shape index (κ2) is 9.32. The number of aryl methyl sites for hydroxylation is 1. The van der Waals surface area contributed by atoms with Gasteiger partial charge >= 0.3 is 6.18 Å². The van der Waals surface area contributed by atoms with Crippen molar-refractivity contribution >= 4 is 52.0 Å². The molecule has 1 aliphatic heterocycles. The number of imidazole rings is 1. The number of hydrogen-bond donors (Lipinski definition) is 0. The van der Waals surface area contributed by atoms with Crippen molar-refractivity contribution in [2.45, 2.75) is 19.0 Å². The molecule has 0 unspecified atom stereocenters. The summed E-state index contributed by atoms with van der Waals surface area (Å²) in [5.74, 6) is -1.65. The molecule has 6 nitrogen and oxygen atoms in total. The number of hydrogen-bond acceptors (Lipinski definition) is 4. The molecular weight excluding hydrogens is 530 g/mol.